The number of ether oxygens (including phenoxy) is 1. The Hall–Kier alpha value is -1.82. The van der Waals surface area contributed by atoms with Crippen molar-refractivity contribution in [2.75, 3.05) is 6.61 Å². The van der Waals surface area contributed by atoms with Crippen LogP contribution < -0.4 is 0 Å². The molecule has 0 N–H and O–H groups in total. The molecule has 3 nitrogen and oxygen atoms in total. The maximum atomic E-state index is 11.5. The van der Waals surface area contributed by atoms with Crippen molar-refractivity contribution in [2.45, 2.75) is 19.8 Å². The third-order valence-electron chi connectivity index (χ3n) is 1.98. The number of esters is 1. The average molecular weight is 203 g/mol. The van der Waals surface area contributed by atoms with Gasteiger partial charge >= 0.3 is 5.97 Å². The Balaban J connectivity index is 2.70. The van der Waals surface area contributed by atoms with E-state index in [4.69, 9.17) is 11.3 Å². The summed E-state index contributed by atoms with van der Waals surface area (Å²) in [6.07, 6.45) is 1.84. The van der Waals surface area contributed by atoms with Gasteiger partial charge in [-0.25, -0.2) is 9.64 Å². The van der Waals surface area contributed by atoms with Crippen molar-refractivity contribution in [3.63, 3.8) is 0 Å². The molecule has 0 radical (unpaired) electrons. The van der Waals surface area contributed by atoms with E-state index in [0.717, 1.165) is 12.8 Å². The zero-order chi connectivity index (χ0) is 11.1. The minimum Gasteiger partial charge on any atom is -0.463 e. The monoisotopic (exact) mass is 203 g/mol. The second-order valence-electron chi connectivity index (χ2n) is 3.12. The lowest BCUT2D eigenvalue weighted by Crippen LogP contribution is -2.06. The first kappa shape index (κ1) is 11.3. The molecule has 0 amide bonds. The van der Waals surface area contributed by atoms with Gasteiger partial charge in [-0.15, -0.1) is 0 Å². The summed E-state index contributed by atoms with van der Waals surface area (Å²) in [6, 6.07) is 6.69. The highest BCUT2D eigenvalue weighted by molar-refractivity contribution is 5.95. The molecule has 1 aromatic rings. The first-order valence-electron chi connectivity index (χ1n) is 4.93. The first-order valence-corrected chi connectivity index (χ1v) is 4.93. The molecular weight excluding hydrogens is 190 g/mol. The molecule has 0 aromatic heterocycles. The summed E-state index contributed by atoms with van der Waals surface area (Å²) in [5, 5.41) is 0. The number of hydrogen-bond acceptors (Lipinski definition) is 2. The number of benzene rings is 1. The van der Waals surface area contributed by atoms with Crippen LogP contribution in [-0.4, -0.2) is 12.6 Å². The Bertz CT molecular complexity index is 379. The zero-order valence-electron chi connectivity index (χ0n) is 8.69. The van der Waals surface area contributed by atoms with Gasteiger partial charge in [0.25, 0.3) is 0 Å². The lowest BCUT2D eigenvalue weighted by atomic mass is 10.2. The highest BCUT2D eigenvalue weighted by Gasteiger charge is 2.11. The van der Waals surface area contributed by atoms with Crippen LogP contribution in [0.15, 0.2) is 24.3 Å². The molecule has 3 heteroatoms. The van der Waals surface area contributed by atoms with E-state index >= 15 is 0 Å². The second kappa shape index (κ2) is 5.82. The summed E-state index contributed by atoms with van der Waals surface area (Å²) in [4.78, 5) is 14.8. The number of carbonyl (C=O) groups is 1. The largest absolute Gasteiger partial charge is 0.463 e. The fourth-order valence-corrected chi connectivity index (χ4v) is 1.13. The van der Waals surface area contributed by atoms with Crippen molar-refractivity contribution < 1.29 is 9.53 Å². The van der Waals surface area contributed by atoms with Gasteiger partial charge in [-0.05, 0) is 6.42 Å². The molecule has 0 aliphatic carbocycles. The topological polar surface area (TPSA) is 30.7 Å². The molecule has 0 saturated carbocycles. The van der Waals surface area contributed by atoms with Crippen LogP contribution in [0.2, 0.25) is 0 Å². The van der Waals surface area contributed by atoms with Gasteiger partial charge in [0.15, 0.2) is 0 Å². The summed E-state index contributed by atoms with van der Waals surface area (Å²) in [7, 11) is 0. The Morgan fingerprint density at radius 2 is 2.20 bits per heavy atom. The minimum absolute atomic E-state index is 0.346. The molecule has 15 heavy (non-hydrogen) atoms. The molecule has 1 aromatic carbocycles. The van der Waals surface area contributed by atoms with Crippen LogP contribution in [0, 0.1) is 6.57 Å². The van der Waals surface area contributed by atoms with E-state index in [1.165, 1.54) is 0 Å². The summed E-state index contributed by atoms with van der Waals surface area (Å²) < 4.78 is 5.03. The predicted octanol–water partition coefficient (Wildman–Crippen LogP) is 3.19. The number of nitrogens with zero attached hydrogens (tertiary/aromatic N) is 1. The molecule has 0 atom stereocenters. The molecule has 0 heterocycles. The summed E-state index contributed by atoms with van der Waals surface area (Å²) in [6.45, 7) is 9.36. The van der Waals surface area contributed by atoms with Crippen molar-refractivity contribution in [2.24, 2.45) is 0 Å². The van der Waals surface area contributed by atoms with E-state index in [0.29, 0.717) is 17.9 Å². The normalized spacial score (nSPS) is 9.33. The van der Waals surface area contributed by atoms with E-state index in [2.05, 4.69) is 4.85 Å². The SMILES string of the molecule is [C-]#[N+]c1ccccc1C(=O)OCCCC. The number of hydrogen-bond donors (Lipinski definition) is 0. The van der Waals surface area contributed by atoms with E-state index in [9.17, 15) is 4.79 Å². The highest BCUT2D eigenvalue weighted by atomic mass is 16.5. The maximum absolute atomic E-state index is 11.5. The van der Waals surface area contributed by atoms with Crippen LogP contribution in [-0.2, 0) is 4.74 Å². The standard InChI is InChI=1S/C12H13NO2/c1-3-4-9-15-12(14)10-7-5-6-8-11(10)13-2/h5-8H,3-4,9H2,1H3. The van der Waals surface area contributed by atoms with Crippen LogP contribution >= 0.6 is 0 Å². The summed E-state index contributed by atoms with van der Waals surface area (Å²) in [5.74, 6) is -0.407. The number of carbonyl (C=O) groups excluding carboxylic acids is 1. The third-order valence-corrected chi connectivity index (χ3v) is 1.98. The zero-order valence-corrected chi connectivity index (χ0v) is 8.69. The Kier molecular flexibility index (Phi) is 4.36. The Morgan fingerprint density at radius 3 is 2.87 bits per heavy atom. The van der Waals surface area contributed by atoms with Gasteiger partial charge in [-0.1, -0.05) is 37.6 Å². The van der Waals surface area contributed by atoms with Gasteiger partial charge in [0.05, 0.1) is 18.7 Å². The summed E-state index contributed by atoms with van der Waals surface area (Å²) >= 11 is 0. The van der Waals surface area contributed by atoms with Crippen molar-refractivity contribution in [3.05, 3.63) is 41.2 Å². The third kappa shape index (κ3) is 3.10. The van der Waals surface area contributed by atoms with Crippen LogP contribution in [0.1, 0.15) is 30.1 Å². The van der Waals surface area contributed by atoms with E-state index in [-0.39, 0.29) is 0 Å². The smallest absolute Gasteiger partial charge is 0.327 e. The van der Waals surface area contributed by atoms with Crippen LogP contribution in [0.3, 0.4) is 0 Å². The molecule has 1 rings (SSSR count). The summed E-state index contributed by atoms with van der Waals surface area (Å²) in [5.41, 5.74) is 0.697. The molecule has 0 unspecified atom stereocenters. The Labute approximate surface area is 89.5 Å². The number of para-hydroxylation sites is 1. The highest BCUT2D eigenvalue weighted by Crippen LogP contribution is 2.19. The van der Waals surface area contributed by atoms with Crippen molar-refractivity contribution >= 4 is 11.7 Å². The lowest BCUT2D eigenvalue weighted by Gasteiger charge is -2.04. The van der Waals surface area contributed by atoms with Crippen LogP contribution in [0.5, 0.6) is 0 Å². The van der Waals surface area contributed by atoms with E-state index in [1.807, 2.05) is 6.92 Å². The molecule has 0 spiro atoms. The van der Waals surface area contributed by atoms with Crippen molar-refractivity contribution in [3.8, 4) is 0 Å². The Morgan fingerprint density at radius 1 is 1.47 bits per heavy atom. The van der Waals surface area contributed by atoms with Gasteiger partial charge in [0, 0.05) is 0 Å². The second-order valence-corrected chi connectivity index (χ2v) is 3.12. The fourth-order valence-electron chi connectivity index (χ4n) is 1.13. The molecule has 0 fully saturated rings. The number of rotatable bonds is 4. The van der Waals surface area contributed by atoms with Gasteiger partial charge in [-0.2, -0.15) is 0 Å². The predicted molar refractivity (Wildman–Crippen MR) is 57.9 cm³/mol. The molecular formula is C12H13NO2. The van der Waals surface area contributed by atoms with E-state index < -0.39 is 5.97 Å². The van der Waals surface area contributed by atoms with Gasteiger partial charge in [-0.3, -0.25) is 0 Å². The fraction of sp³-hybridized carbons (Fsp3) is 0.333. The molecule has 78 valence electrons. The van der Waals surface area contributed by atoms with Gasteiger partial charge in [0.1, 0.15) is 0 Å². The van der Waals surface area contributed by atoms with Crippen LogP contribution in [0.4, 0.5) is 5.69 Å². The van der Waals surface area contributed by atoms with Crippen molar-refractivity contribution in [1.29, 1.82) is 0 Å². The first-order chi connectivity index (χ1) is 7.29. The van der Waals surface area contributed by atoms with Gasteiger partial charge in [0.2, 0.25) is 5.69 Å². The average Bonchev–Trinajstić information content (AvgIpc) is 2.29. The van der Waals surface area contributed by atoms with Crippen LogP contribution in [0.25, 0.3) is 4.85 Å². The maximum Gasteiger partial charge on any atom is 0.327 e. The van der Waals surface area contributed by atoms with E-state index in [1.54, 1.807) is 24.3 Å². The minimum atomic E-state index is -0.407. The quantitative estimate of drug-likeness (QED) is 0.427. The molecule has 0 saturated heterocycles. The molecule has 0 bridgehead atoms. The van der Waals surface area contributed by atoms with Gasteiger partial charge < -0.3 is 4.74 Å². The molecule has 0 aliphatic heterocycles. The number of unbranched alkanes of at least 4 members (excludes halogenated alkanes) is 1. The lowest BCUT2D eigenvalue weighted by molar-refractivity contribution is 0.0501. The molecule has 0 aliphatic rings. The van der Waals surface area contributed by atoms with Crippen molar-refractivity contribution in [1.82, 2.24) is 0 Å².